The average Bonchev–Trinajstić information content (AvgIpc) is 2.18. The molecule has 0 fully saturated rings. The quantitative estimate of drug-likeness (QED) is 0.883. The van der Waals surface area contributed by atoms with Gasteiger partial charge in [-0.1, -0.05) is 41.9 Å². The van der Waals surface area contributed by atoms with Crippen LogP contribution in [0.25, 0.3) is 0 Å². The first-order valence-corrected chi connectivity index (χ1v) is 5.97. The molecule has 1 rings (SSSR count). The predicted octanol–water partition coefficient (Wildman–Crippen LogP) is 2.79. The smallest absolute Gasteiger partial charge is 0.0626 e. The van der Waals surface area contributed by atoms with E-state index in [2.05, 4.69) is 48.1 Å². The average molecular weight is 272 g/mol. The molecule has 1 aromatic rings. The van der Waals surface area contributed by atoms with Crippen molar-refractivity contribution in [2.45, 2.75) is 32.9 Å². The van der Waals surface area contributed by atoms with E-state index in [9.17, 15) is 5.11 Å². The second-order valence-corrected chi connectivity index (χ2v) is 4.92. The lowest BCUT2D eigenvalue weighted by atomic mass is 10.0. The topological polar surface area (TPSA) is 32.3 Å². The van der Waals surface area contributed by atoms with Crippen LogP contribution in [0, 0.1) is 6.92 Å². The SMILES string of the molecule is Cc1cc(C(CO)NC(C)C)ccc1Br. The van der Waals surface area contributed by atoms with Gasteiger partial charge in [0.2, 0.25) is 0 Å². The van der Waals surface area contributed by atoms with Gasteiger partial charge in [-0.05, 0) is 24.1 Å². The molecule has 0 aliphatic carbocycles. The van der Waals surface area contributed by atoms with Gasteiger partial charge in [-0.15, -0.1) is 0 Å². The van der Waals surface area contributed by atoms with E-state index in [-0.39, 0.29) is 12.6 Å². The molecule has 0 radical (unpaired) electrons. The molecule has 0 heterocycles. The van der Waals surface area contributed by atoms with E-state index in [4.69, 9.17) is 0 Å². The summed E-state index contributed by atoms with van der Waals surface area (Å²) in [6.45, 7) is 6.33. The van der Waals surface area contributed by atoms with Crippen LogP contribution in [0.15, 0.2) is 22.7 Å². The number of aryl methyl sites for hydroxylation is 1. The molecule has 0 aliphatic heterocycles. The molecule has 1 atom stereocenters. The number of nitrogens with one attached hydrogen (secondary N) is 1. The number of halogens is 1. The highest BCUT2D eigenvalue weighted by molar-refractivity contribution is 9.10. The fraction of sp³-hybridized carbons (Fsp3) is 0.500. The summed E-state index contributed by atoms with van der Waals surface area (Å²) in [6.07, 6.45) is 0. The second-order valence-electron chi connectivity index (χ2n) is 4.07. The van der Waals surface area contributed by atoms with Crippen molar-refractivity contribution in [1.29, 1.82) is 0 Å². The van der Waals surface area contributed by atoms with Gasteiger partial charge in [0.15, 0.2) is 0 Å². The van der Waals surface area contributed by atoms with E-state index in [0.717, 1.165) is 10.0 Å². The number of aliphatic hydroxyl groups excluding tert-OH is 1. The molecule has 2 N–H and O–H groups in total. The van der Waals surface area contributed by atoms with Gasteiger partial charge in [0.05, 0.1) is 12.6 Å². The Morgan fingerprint density at radius 1 is 1.40 bits per heavy atom. The summed E-state index contributed by atoms with van der Waals surface area (Å²) in [5.41, 5.74) is 2.32. The van der Waals surface area contributed by atoms with Gasteiger partial charge in [0, 0.05) is 10.5 Å². The molecular formula is C12H18BrNO. The van der Waals surface area contributed by atoms with E-state index in [1.54, 1.807) is 0 Å². The first-order valence-electron chi connectivity index (χ1n) is 5.17. The molecule has 15 heavy (non-hydrogen) atoms. The van der Waals surface area contributed by atoms with Gasteiger partial charge >= 0.3 is 0 Å². The number of hydrogen-bond donors (Lipinski definition) is 2. The first-order chi connectivity index (χ1) is 7.04. The second kappa shape index (κ2) is 5.64. The minimum atomic E-state index is 0.0248. The third-order valence-electron chi connectivity index (χ3n) is 2.30. The Labute approximate surface area is 99.8 Å². The Bertz CT molecular complexity index is 325. The molecule has 0 bridgehead atoms. The number of aliphatic hydroxyl groups is 1. The highest BCUT2D eigenvalue weighted by atomic mass is 79.9. The van der Waals surface area contributed by atoms with Gasteiger partial charge in [0.25, 0.3) is 0 Å². The molecule has 0 spiro atoms. The number of hydrogen-bond acceptors (Lipinski definition) is 2. The van der Waals surface area contributed by atoms with Crippen LogP contribution >= 0.6 is 15.9 Å². The molecule has 0 aliphatic rings. The molecule has 1 unspecified atom stereocenters. The monoisotopic (exact) mass is 271 g/mol. The zero-order valence-electron chi connectivity index (χ0n) is 9.42. The maximum absolute atomic E-state index is 9.31. The van der Waals surface area contributed by atoms with Crippen LogP contribution in [0.4, 0.5) is 0 Å². The molecule has 0 amide bonds. The lowest BCUT2D eigenvalue weighted by Gasteiger charge is -2.20. The molecule has 0 aromatic heterocycles. The lowest BCUT2D eigenvalue weighted by Crippen LogP contribution is -2.30. The van der Waals surface area contributed by atoms with E-state index in [0.29, 0.717) is 6.04 Å². The van der Waals surface area contributed by atoms with E-state index >= 15 is 0 Å². The van der Waals surface area contributed by atoms with Gasteiger partial charge in [-0.25, -0.2) is 0 Å². The Morgan fingerprint density at radius 3 is 2.53 bits per heavy atom. The Kier molecular flexibility index (Phi) is 4.77. The van der Waals surface area contributed by atoms with Crippen molar-refractivity contribution in [1.82, 2.24) is 5.32 Å². The fourth-order valence-corrected chi connectivity index (χ4v) is 1.79. The fourth-order valence-electron chi connectivity index (χ4n) is 1.54. The largest absolute Gasteiger partial charge is 0.394 e. The summed E-state index contributed by atoms with van der Waals surface area (Å²) >= 11 is 3.47. The van der Waals surface area contributed by atoms with Crippen molar-refractivity contribution >= 4 is 15.9 Å². The van der Waals surface area contributed by atoms with Gasteiger partial charge in [-0.3, -0.25) is 0 Å². The third-order valence-corrected chi connectivity index (χ3v) is 3.19. The third kappa shape index (κ3) is 3.59. The molecule has 0 saturated carbocycles. The predicted molar refractivity (Wildman–Crippen MR) is 67.0 cm³/mol. The van der Waals surface area contributed by atoms with Crippen molar-refractivity contribution in [3.63, 3.8) is 0 Å². The van der Waals surface area contributed by atoms with Crippen molar-refractivity contribution < 1.29 is 5.11 Å². The first kappa shape index (κ1) is 12.7. The lowest BCUT2D eigenvalue weighted by molar-refractivity contribution is 0.237. The molecule has 0 saturated heterocycles. The van der Waals surface area contributed by atoms with E-state index < -0.39 is 0 Å². The summed E-state index contributed by atoms with van der Waals surface area (Å²) in [6, 6.07) is 6.55. The Hall–Kier alpha value is -0.380. The summed E-state index contributed by atoms with van der Waals surface area (Å²) in [4.78, 5) is 0. The van der Waals surface area contributed by atoms with Crippen LogP contribution < -0.4 is 5.32 Å². The molecule has 3 heteroatoms. The minimum absolute atomic E-state index is 0.0248. The highest BCUT2D eigenvalue weighted by Crippen LogP contribution is 2.21. The van der Waals surface area contributed by atoms with E-state index in [1.165, 1.54) is 5.56 Å². The van der Waals surface area contributed by atoms with Gasteiger partial charge < -0.3 is 10.4 Å². The maximum Gasteiger partial charge on any atom is 0.0626 e. The van der Waals surface area contributed by atoms with Crippen LogP contribution in [0.1, 0.15) is 31.0 Å². The molecule has 84 valence electrons. The van der Waals surface area contributed by atoms with Crippen molar-refractivity contribution in [2.24, 2.45) is 0 Å². The van der Waals surface area contributed by atoms with Crippen LogP contribution in [0.2, 0.25) is 0 Å². The van der Waals surface area contributed by atoms with Crippen molar-refractivity contribution in [3.05, 3.63) is 33.8 Å². The van der Waals surface area contributed by atoms with Crippen LogP contribution in [0.5, 0.6) is 0 Å². The number of benzene rings is 1. The summed E-state index contributed by atoms with van der Waals surface area (Å²) < 4.78 is 1.10. The van der Waals surface area contributed by atoms with Crippen LogP contribution in [-0.4, -0.2) is 17.8 Å². The summed E-state index contributed by atoms with van der Waals surface area (Å²) in [5.74, 6) is 0. The molecular weight excluding hydrogens is 254 g/mol. The molecule has 2 nitrogen and oxygen atoms in total. The number of rotatable bonds is 4. The zero-order chi connectivity index (χ0) is 11.4. The zero-order valence-corrected chi connectivity index (χ0v) is 11.0. The van der Waals surface area contributed by atoms with E-state index in [1.807, 2.05) is 12.1 Å². The van der Waals surface area contributed by atoms with Gasteiger partial charge in [-0.2, -0.15) is 0 Å². The maximum atomic E-state index is 9.31. The Morgan fingerprint density at radius 2 is 2.07 bits per heavy atom. The minimum Gasteiger partial charge on any atom is -0.394 e. The summed E-state index contributed by atoms with van der Waals surface area (Å²) in [7, 11) is 0. The Balaban J connectivity index is 2.87. The van der Waals surface area contributed by atoms with Crippen molar-refractivity contribution in [2.75, 3.05) is 6.61 Å². The van der Waals surface area contributed by atoms with Crippen molar-refractivity contribution in [3.8, 4) is 0 Å². The van der Waals surface area contributed by atoms with Crippen LogP contribution in [-0.2, 0) is 0 Å². The highest BCUT2D eigenvalue weighted by Gasteiger charge is 2.11. The van der Waals surface area contributed by atoms with Gasteiger partial charge in [0.1, 0.15) is 0 Å². The normalized spacial score (nSPS) is 13.2. The standard InChI is InChI=1S/C12H18BrNO/c1-8(2)14-12(7-15)10-4-5-11(13)9(3)6-10/h4-6,8,12,14-15H,7H2,1-3H3. The van der Waals surface area contributed by atoms with Crippen LogP contribution in [0.3, 0.4) is 0 Å². The molecule has 1 aromatic carbocycles. The summed E-state index contributed by atoms with van der Waals surface area (Å²) in [5, 5.41) is 12.6.